The van der Waals surface area contributed by atoms with Crippen LogP contribution in [0.2, 0.25) is 0 Å². The number of benzene rings is 4. The molecule has 0 aliphatic rings. The minimum absolute atomic E-state index is 0.0463. The lowest BCUT2D eigenvalue weighted by atomic mass is 10.0. The summed E-state index contributed by atoms with van der Waals surface area (Å²) in [7, 11) is -2.61. The summed E-state index contributed by atoms with van der Waals surface area (Å²) in [5.41, 5.74) is 1.33. The van der Waals surface area contributed by atoms with Crippen molar-refractivity contribution in [1.82, 2.24) is 10.2 Å². The van der Waals surface area contributed by atoms with Gasteiger partial charge in [-0.15, -0.1) is 0 Å². The molecule has 0 unspecified atom stereocenters. The predicted octanol–water partition coefficient (Wildman–Crippen LogP) is 6.21. The number of hydrogen-bond acceptors (Lipinski definition) is 5. The van der Waals surface area contributed by atoms with Crippen molar-refractivity contribution in [2.45, 2.75) is 50.2 Å². The summed E-state index contributed by atoms with van der Waals surface area (Å²) in [6.45, 7) is 5.14. The van der Waals surface area contributed by atoms with Crippen molar-refractivity contribution in [3.05, 3.63) is 125 Å². The highest BCUT2D eigenvalue weighted by Crippen LogP contribution is 2.27. The Kier molecular flexibility index (Phi) is 11.1. The third-order valence-electron chi connectivity index (χ3n) is 6.98. The molecule has 0 heterocycles. The molecule has 4 rings (SSSR count). The Morgan fingerprint density at radius 3 is 2.04 bits per heavy atom. The summed E-state index contributed by atoms with van der Waals surface area (Å²) >= 11 is 3.41. The molecule has 0 bridgehead atoms. The Morgan fingerprint density at radius 1 is 0.844 bits per heavy atom. The van der Waals surface area contributed by atoms with E-state index in [0.717, 1.165) is 19.9 Å². The summed E-state index contributed by atoms with van der Waals surface area (Å²) in [5, 5.41) is 3.04. The Balaban J connectivity index is 1.82. The van der Waals surface area contributed by atoms with E-state index in [0.29, 0.717) is 11.4 Å². The molecule has 4 aromatic rings. The number of nitrogens with one attached hydrogen (secondary N) is 1. The lowest BCUT2D eigenvalue weighted by Crippen LogP contribution is -2.56. The van der Waals surface area contributed by atoms with Crippen molar-refractivity contribution >= 4 is 43.5 Å². The molecule has 0 spiro atoms. The Hall–Kier alpha value is -4.15. The molecule has 1 atom stereocenters. The lowest BCUT2D eigenvalue weighted by Gasteiger charge is -2.35. The maximum atomic E-state index is 14.5. The van der Waals surface area contributed by atoms with Gasteiger partial charge in [-0.05, 0) is 80.4 Å². The van der Waals surface area contributed by atoms with Gasteiger partial charge in [-0.3, -0.25) is 13.9 Å². The van der Waals surface area contributed by atoms with E-state index in [1.807, 2.05) is 63.2 Å². The van der Waals surface area contributed by atoms with Crippen LogP contribution in [-0.4, -0.2) is 50.4 Å². The highest BCUT2D eigenvalue weighted by atomic mass is 79.9. The number of ether oxygens (including phenoxy) is 1. The molecule has 1 N–H and O–H groups in total. The van der Waals surface area contributed by atoms with Gasteiger partial charge in [0.05, 0.1) is 17.7 Å². The molecule has 0 aliphatic carbocycles. The third kappa shape index (κ3) is 9.18. The van der Waals surface area contributed by atoms with Gasteiger partial charge in [-0.2, -0.15) is 0 Å². The van der Waals surface area contributed by atoms with Crippen LogP contribution in [0.15, 0.2) is 119 Å². The smallest absolute Gasteiger partial charge is 0.264 e. The minimum Gasteiger partial charge on any atom is -0.497 e. The molecule has 236 valence electrons. The first-order chi connectivity index (χ1) is 21.4. The Labute approximate surface area is 274 Å². The molecule has 0 radical (unpaired) electrons. The van der Waals surface area contributed by atoms with Crippen molar-refractivity contribution in [3.8, 4) is 5.75 Å². The third-order valence-corrected chi connectivity index (χ3v) is 9.30. The molecule has 0 saturated heterocycles. The van der Waals surface area contributed by atoms with Gasteiger partial charge in [-0.1, -0.05) is 76.6 Å². The fraction of sp³-hybridized carbons (Fsp3) is 0.257. The molecule has 0 aromatic heterocycles. The fourth-order valence-electron chi connectivity index (χ4n) is 4.83. The van der Waals surface area contributed by atoms with Crippen molar-refractivity contribution in [1.29, 1.82) is 0 Å². The van der Waals surface area contributed by atoms with Crippen LogP contribution in [-0.2, 0) is 32.6 Å². The highest BCUT2D eigenvalue weighted by Gasteiger charge is 2.35. The quantitative estimate of drug-likeness (QED) is 0.191. The molecular weight excluding hydrogens is 654 g/mol. The van der Waals surface area contributed by atoms with Gasteiger partial charge in [0.1, 0.15) is 18.3 Å². The number of sulfonamides is 1. The van der Waals surface area contributed by atoms with E-state index < -0.39 is 34.1 Å². The second-order valence-electron chi connectivity index (χ2n) is 11.6. The van der Waals surface area contributed by atoms with E-state index in [2.05, 4.69) is 21.2 Å². The zero-order valence-electron chi connectivity index (χ0n) is 25.8. The van der Waals surface area contributed by atoms with Gasteiger partial charge in [0.2, 0.25) is 11.8 Å². The average Bonchev–Trinajstić information content (AvgIpc) is 3.02. The number of hydrogen-bond donors (Lipinski definition) is 1. The number of rotatable bonds is 12. The summed E-state index contributed by atoms with van der Waals surface area (Å²) < 4.78 is 35.4. The van der Waals surface area contributed by atoms with E-state index >= 15 is 0 Å². The van der Waals surface area contributed by atoms with Gasteiger partial charge in [0.25, 0.3) is 10.0 Å². The SMILES string of the molecule is COc1cccc(CN(C(=O)CN(c2ccc(Br)cc2)S(=O)(=O)c2ccccc2)[C@@H](Cc2ccccc2)C(=O)NC(C)(C)C)c1. The summed E-state index contributed by atoms with van der Waals surface area (Å²) in [4.78, 5) is 30.0. The number of carbonyl (C=O) groups is 2. The predicted molar refractivity (Wildman–Crippen MR) is 180 cm³/mol. The van der Waals surface area contributed by atoms with Crippen LogP contribution in [0.3, 0.4) is 0 Å². The normalized spacial score (nSPS) is 12.2. The second-order valence-corrected chi connectivity index (χ2v) is 14.4. The van der Waals surface area contributed by atoms with Crippen LogP contribution in [0.1, 0.15) is 31.9 Å². The van der Waals surface area contributed by atoms with E-state index in [-0.39, 0.29) is 23.8 Å². The number of nitrogens with zero attached hydrogens (tertiary/aromatic N) is 2. The highest BCUT2D eigenvalue weighted by molar-refractivity contribution is 9.10. The molecular formula is C35H38BrN3O5S. The maximum Gasteiger partial charge on any atom is 0.264 e. The van der Waals surface area contributed by atoms with Crippen LogP contribution < -0.4 is 14.4 Å². The van der Waals surface area contributed by atoms with Crippen LogP contribution in [0.4, 0.5) is 5.69 Å². The second kappa shape index (κ2) is 14.8. The molecule has 0 fully saturated rings. The minimum atomic E-state index is -4.16. The van der Waals surface area contributed by atoms with Crippen molar-refractivity contribution in [2.75, 3.05) is 18.0 Å². The first kappa shape index (κ1) is 33.7. The lowest BCUT2D eigenvalue weighted by molar-refractivity contribution is -0.140. The zero-order valence-corrected chi connectivity index (χ0v) is 28.2. The van der Waals surface area contributed by atoms with Gasteiger partial charge in [-0.25, -0.2) is 8.42 Å². The Morgan fingerprint density at radius 2 is 1.44 bits per heavy atom. The van der Waals surface area contributed by atoms with Crippen molar-refractivity contribution < 1.29 is 22.7 Å². The summed E-state index contributed by atoms with van der Waals surface area (Å²) in [6, 6.07) is 30.5. The van der Waals surface area contributed by atoms with E-state index in [4.69, 9.17) is 4.74 Å². The molecule has 0 saturated carbocycles. The van der Waals surface area contributed by atoms with Gasteiger partial charge in [0, 0.05) is 23.0 Å². The molecule has 4 aromatic carbocycles. The first-order valence-corrected chi connectivity index (χ1v) is 16.7. The number of amides is 2. The van der Waals surface area contributed by atoms with Gasteiger partial charge in [0.15, 0.2) is 0 Å². The van der Waals surface area contributed by atoms with Crippen LogP contribution in [0.25, 0.3) is 0 Å². The fourth-order valence-corrected chi connectivity index (χ4v) is 6.53. The van der Waals surface area contributed by atoms with E-state index in [1.165, 1.54) is 17.0 Å². The first-order valence-electron chi connectivity index (χ1n) is 14.5. The number of anilines is 1. The summed E-state index contributed by atoms with van der Waals surface area (Å²) in [6.07, 6.45) is 0.224. The number of methoxy groups -OCH3 is 1. The molecule has 10 heteroatoms. The monoisotopic (exact) mass is 691 g/mol. The van der Waals surface area contributed by atoms with Crippen molar-refractivity contribution in [3.63, 3.8) is 0 Å². The topological polar surface area (TPSA) is 96.0 Å². The standard InChI is InChI=1S/C35H38BrN3O5S/c1-35(2,3)37-34(41)32(23-26-12-7-5-8-13-26)38(24-27-14-11-15-30(22-27)44-4)33(40)25-39(29-20-18-28(36)19-21-29)45(42,43)31-16-9-6-10-17-31/h5-22,32H,23-25H2,1-4H3,(H,37,41)/t32-/m0/s1. The van der Waals surface area contributed by atoms with E-state index in [9.17, 15) is 18.0 Å². The maximum absolute atomic E-state index is 14.5. The average molecular weight is 693 g/mol. The zero-order chi connectivity index (χ0) is 32.6. The summed E-state index contributed by atoms with van der Waals surface area (Å²) in [5.74, 6) is -0.282. The van der Waals surface area contributed by atoms with Crippen LogP contribution >= 0.6 is 15.9 Å². The van der Waals surface area contributed by atoms with Crippen LogP contribution in [0, 0.1) is 0 Å². The number of carbonyl (C=O) groups excluding carboxylic acids is 2. The molecule has 45 heavy (non-hydrogen) atoms. The number of halogens is 1. The van der Waals surface area contributed by atoms with Crippen molar-refractivity contribution in [2.24, 2.45) is 0 Å². The molecule has 8 nitrogen and oxygen atoms in total. The largest absolute Gasteiger partial charge is 0.497 e. The molecule has 2 amide bonds. The van der Waals surface area contributed by atoms with Gasteiger partial charge < -0.3 is 15.0 Å². The Bertz CT molecular complexity index is 1690. The van der Waals surface area contributed by atoms with Crippen LogP contribution in [0.5, 0.6) is 5.75 Å². The van der Waals surface area contributed by atoms with Gasteiger partial charge >= 0.3 is 0 Å². The molecule has 0 aliphatic heterocycles. The van der Waals surface area contributed by atoms with E-state index in [1.54, 1.807) is 61.7 Å².